The number of nitrogens with zero attached hydrogens (tertiary/aromatic N) is 1. The fourth-order valence-electron chi connectivity index (χ4n) is 2.21. The fourth-order valence-corrected chi connectivity index (χ4v) is 3.46. The minimum Gasteiger partial charge on any atom is -0.492 e. The van der Waals surface area contributed by atoms with Crippen molar-refractivity contribution in [2.45, 2.75) is 11.8 Å². The molecule has 1 heterocycles. The Kier molecular flexibility index (Phi) is 3.85. The van der Waals surface area contributed by atoms with Gasteiger partial charge in [0.2, 0.25) is 0 Å². The van der Waals surface area contributed by atoms with Crippen LogP contribution in [0.15, 0.2) is 58.4 Å². The summed E-state index contributed by atoms with van der Waals surface area (Å²) in [5.41, 5.74) is 1.78. The molecule has 114 valence electrons. The molecule has 2 aromatic carbocycles. The van der Waals surface area contributed by atoms with Crippen LogP contribution >= 0.6 is 0 Å². The first-order chi connectivity index (χ1) is 10.6. The van der Waals surface area contributed by atoms with Gasteiger partial charge in [-0.05, 0) is 31.2 Å². The van der Waals surface area contributed by atoms with Gasteiger partial charge in [0.15, 0.2) is 0 Å². The average molecular weight is 316 g/mol. The highest BCUT2D eigenvalue weighted by atomic mass is 32.2. The van der Waals surface area contributed by atoms with Crippen molar-refractivity contribution < 1.29 is 13.2 Å². The molecule has 3 rings (SSSR count). The van der Waals surface area contributed by atoms with E-state index >= 15 is 0 Å². The van der Waals surface area contributed by atoms with E-state index in [-0.39, 0.29) is 4.90 Å². The maximum atomic E-state index is 11.9. The Balaban J connectivity index is 1.66. The highest BCUT2D eigenvalue weighted by Crippen LogP contribution is 2.22. The molecule has 0 spiro atoms. The topological polar surface area (TPSA) is 67.8 Å². The van der Waals surface area contributed by atoms with Crippen LogP contribution in [0.4, 0.5) is 0 Å². The van der Waals surface area contributed by atoms with Crippen LogP contribution in [0.2, 0.25) is 0 Å². The van der Waals surface area contributed by atoms with Gasteiger partial charge in [0.05, 0.1) is 11.4 Å². The zero-order valence-electron chi connectivity index (χ0n) is 12.1. The summed E-state index contributed by atoms with van der Waals surface area (Å²) >= 11 is 0. The molecule has 0 saturated carbocycles. The molecule has 0 amide bonds. The van der Waals surface area contributed by atoms with E-state index in [1.165, 1.54) is 5.56 Å². The summed E-state index contributed by atoms with van der Waals surface area (Å²) in [5, 5.41) is 0. The Morgan fingerprint density at radius 2 is 1.82 bits per heavy atom. The molecule has 5 nitrogen and oxygen atoms in total. The number of hydrogen-bond acceptors (Lipinski definition) is 4. The molecule has 0 atom stereocenters. The zero-order chi connectivity index (χ0) is 15.6. The van der Waals surface area contributed by atoms with Crippen LogP contribution in [-0.4, -0.2) is 27.4 Å². The number of sulfonamides is 1. The largest absolute Gasteiger partial charge is 0.492 e. The lowest BCUT2D eigenvalue weighted by atomic mass is 10.2. The van der Waals surface area contributed by atoms with Crippen LogP contribution in [-0.2, 0) is 10.0 Å². The molecule has 0 fully saturated rings. The maximum absolute atomic E-state index is 11.9. The predicted octanol–water partition coefficient (Wildman–Crippen LogP) is 2.11. The summed E-state index contributed by atoms with van der Waals surface area (Å²) in [6.07, 6.45) is 0. The molecular formula is C16H16N2O3S. The van der Waals surface area contributed by atoms with E-state index < -0.39 is 10.0 Å². The second-order valence-corrected chi connectivity index (χ2v) is 6.64. The first kappa shape index (κ1) is 14.6. The van der Waals surface area contributed by atoms with E-state index in [9.17, 15) is 8.42 Å². The van der Waals surface area contributed by atoms with Gasteiger partial charge in [0.1, 0.15) is 18.2 Å². The summed E-state index contributed by atoms with van der Waals surface area (Å²) in [4.78, 5) is 4.57. The highest BCUT2D eigenvalue weighted by Gasteiger charge is 2.29. The lowest BCUT2D eigenvalue weighted by Crippen LogP contribution is -2.23. The number of aryl methyl sites for hydroxylation is 1. The monoisotopic (exact) mass is 316 g/mol. The second-order valence-electron chi connectivity index (χ2n) is 4.99. The SMILES string of the molecule is Cc1ccc(OCCN=C2NS(=O)(=O)c3ccccc32)cc1. The van der Waals surface area contributed by atoms with E-state index in [2.05, 4.69) is 9.71 Å². The van der Waals surface area contributed by atoms with Crippen molar-refractivity contribution >= 4 is 15.9 Å². The Hall–Kier alpha value is -2.34. The van der Waals surface area contributed by atoms with Crippen molar-refractivity contribution in [2.75, 3.05) is 13.2 Å². The molecule has 1 aliphatic heterocycles. The van der Waals surface area contributed by atoms with E-state index in [1.54, 1.807) is 24.3 Å². The second kappa shape index (κ2) is 5.81. The van der Waals surface area contributed by atoms with Gasteiger partial charge in [-0.2, -0.15) is 0 Å². The van der Waals surface area contributed by atoms with Crippen molar-refractivity contribution in [1.29, 1.82) is 0 Å². The van der Waals surface area contributed by atoms with Crippen LogP contribution in [0, 0.1) is 6.92 Å². The number of rotatable bonds is 4. The van der Waals surface area contributed by atoms with E-state index in [0.717, 1.165) is 5.75 Å². The summed E-state index contributed by atoms with van der Waals surface area (Å²) in [6.45, 7) is 2.77. The van der Waals surface area contributed by atoms with Crippen molar-refractivity contribution in [3.05, 3.63) is 59.7 Å². The number of benzene rings is 2. The molecule has 0 aliphatic carbocycles. The third kappa shape index (κ3) is 2.96. The lowest BCUT2D eigenvalue weighted by molar-refractivity contribution is 0.328. The summed E-state index contributed by atoms with van der Waals surface area (Å²) < 4.78 is 31.9. The van der Waals surface area contributed by atoms with Crippen molar-refractivity contribution in [3.8, 4) is 5.75 Å². The number of ether oxygens (including phenoxy) is 1. The summed E-state index contributed by atoms with van der Waals surface area (Å²) in [7, 11) is -3.47. The Morgan fingerprint density at radius 1 is 1.09 bits per heavy atom. The molecule has 0 unspecified atom stereocenters. The molecule has 0 bridgehead atoms. The van der Waals surface area contributed by atoms with Crippen molar-refractivity contribution in [2.24, 2.45) is 4.99 Å². The van der Waals surface area contributed by atoms with Gasteiger partial charge in [-0.1, -0.05) is 29.8 Å². The van der Waals surface area contributed by atoms with Gasteiger partial charge in [-0.25, -0.2) is 8.42 Å². The van der Waals surface area contributed by atoms with Crippen molar-refractivity contribution in [3.63, 3.8) is 0 Å². The molecule has 22 heavy (non-hydrogen) atoms. The normalized spacial score (nSPS) is 17.0. The van der Waals surface area contributed by atoms with E-state index in [1.807, 2.05) is 31.2 Å². The number of hydrogen-bond donors (Lipinski definition) is 1. The van der Waals surface area contributed by atoms with Crippen LogP contribution in [0.1, 0.15) is 11.1 Å². The molecule has 0 radical (unpaired) electrons. The maximum Gasteiger partial charge on any atom is 0.263 e. The quantitative estimate of drug-likeness (QED) is 0.879. The molecule has 1 N–H and O–H groups in total. The third-order valence-electron chi connectivity index (χ3n) is 3.31. The minimum absolute atomic E-state index is 0.271. The molecule has 0 aromatic heterocycles. The first-order valence-corrected chi connectivity index (χ1v) is 8.41. The smallest absolute Gasteiger partial charge is 0.263 e. The van der Waals surface area contributed by atoms with Gasteiger partial charge in [-0.3, -0.25) is 9.71 Å². The minimum atomic E-state index is -3.47. The predicted molar refractivity (Wildman–Crippen MR) is 84.8 cm³/mol. The molecule has 2 aromatic rings. The summed E-state index contributed by atoms with van der Waals surface area (Å²) in [6, 6.07) is 14.5. The van der Waals surface area contributed by atoms with E-state index in [0.29, 0.717) is 24.6 Å². The Labute approximate surface area is 129 Å². The van der Waals surface area contributed by atoms with Gasteiger partial charge < -0.3 is 4.74 Å². The molecule has 6 heteroatoms. The van der Waals surface area contributed by atoms with Crippen LogP contribution in [0.3, 0.4) is 0 Å². The molecular weight excluding hydrogens is 300 g/mol. The van der Waals surface area contributed by atoms with Crippen LogP contribution in [0.25, 0.3) is 0 Å². The Bertz CT molecular complexity index is 812. The zero-order valence-corrected chi connectivity index (χ0v) is 12.9. The molecule has 1 aliphatic rings. The van der Waals surface area contributed by atoms with Gasteiger partial charge >= 0.3 is 0 Å². The lowest BCUT2D eigenvalue weighted by Gasteiger charge is -2.05. The van der Waals surface area contributed by atoms with Crippen molar-refractivity contribution in [1.82, 2.24) is 4.72 Å². The van der Waals surface area contributed by atoms with Gasteiger partial charge in [0, 0.05) is 5.56 Å². The number of fused-ring (bicyclic) bond motifs is 1. The highest BCUT2D eigenvalue weighted by molar-refractivity contribution is 7.90. The van der Waals surface area contributed by atoms with Gasteiger partial charge in [0.25, 0.3) is 10.0 Å². The number of amidine groups is 1. The summed E-state index contributed by atoms with van der Waals surface area (Å²) in [5.74, 6) is 1.15. The van der Waals surface area contributed by atoms with Crippen LogP contribution < -0.4 is 9.46 Å². The first-order valence-electron chi connectivity index (χ1n) is 6.92. The van der Waals surface area contributed by atoms with Gasteiger partial charge in [-0.15, -0.1) is 0 Å². The van der Waals surface area contributed by atoms with Crippen LogP contribution in [0.5, 0.6) is 5.75 Å². The Morgan fingerprint density at radius 3 is 2.59 bits per heavy atom. The standard InChI is InChI=1S/C16H16N2O3S/c1-12-6-8-13(9-7-12)21-11-10-17-16-14-4-2-3-5-15(14)22(19,20)18-16/h2-9H,10-11H2,1H3,(H,17,18). The fraction of sp³-hybridized carbons (Fsp3) is 0.188. The number of nitrogens with one attached hydrogen (secondary N) is 1. The van der Waals surface area contributed by atoms with E-state index in [4.69, 9.17) is 4.74 Å². The number of aliphatic imine (C=N–C) groups is 1. The average Bonchev–Trinajstić information content (AvgIpc) is 2.77. The third-order valence-corrected chi connectivity index (χ3v) is 4.71. The molecule has 0 saturated heterocycles.